The average molecular weight is 425 g/mol. The first-order chi connectivity index (χ1) is 14.8. The lowest BCUT2D eigenvalue weighted by molar-refractivity contribution is 0.0116. The van der Waals surface area contributed by atoms with Crippen LogP contribution in [-0.2, 0) is 9.47 Å². The fraction of sp³-hybridized carbons (Fsp3) is 0.500. The van der Waals surface area contributed by atoms with Crippen LogP contribution in [0.4, 0.5) is 4.79 Å². The molecule has 1 saturated heterocycles. The number of likely N-dealkylation sites (tertiary alicyclic amines) is 1. The molecule has 0 bridgehead atoms. The maximum absolute atomic E-state index is 12.3. The van der Waals surface area contributed by atoms with E-state index in [1.807, 2.05) is 40.0 Å². The van der Waals surface area contributed by atoms with Crippen LogP contribution in [0.1, 0.15) is 50.8 Å². The van der Waals surface area contributed by atoms with Crippen LogP contribution >= 0.6 is 0 Å². The van der Waals surface area contributed by atoms with Crippen LogP contribution in [0.5, 0.6) is 0 Å². The molecule has 1 fully saturated rings. The van der Waals surface area contributed by atoms with Gasteiger partial charge in [0.15, 0.2) is 0 Å². The summed E-state index contributed by atoms with van der Waals surface area (Å²) in [5.41, 5.74) is 1.88. The molecule has 1 amide bonds. The highest BCUT2D eigenvalue weighted by Crippen LogP contribution is 2.26. The average Bonchev–Trinajstić information content (AvgIpc) is 2.77. The van der Waals surface area contributed by atoms with Gasteiger partial charge in [-0.15, -0.1) is 0 Å². The van der Waals surface area contributed by atoms with Gasteiger partial charge in [-0.3, -0.25) is 0 Å². The number of piperidine rings is 1. The number of rotatable bonds is 7. The molecule has 0 N–H and O–H groups in total. The van der Waals surface area contributed by atoms with Gasteiger partial charge in [-0.2, -0.15) is 0 Å². The highest BCUT2D eigenvalue weighted by molar-refractivity contribution is 5.68. The summed E-state index contributed by atoms with van der Waals surface area (Å²) < 4.78 is 11.9. The molecule has 0 aliphatic carbocycles. The summed E-state index contributed by atoms with van der Waals surface area (Å²) in [6, 6.07) is 21.0. The minimum absolute atomic E-state index is 0.0572. The Morgan fingerprint density at radius 1 is 1.00 bits per heavy atom. The van der Waals surface area contributed by atoms with Crippen molar-refractivity contribution in [2.45, 2.75) is 51.4 Å². The standard InChI is InChI=1S/C26H36N2O3/c1-26(2,3)31-25(29)27(4)23-15-17-28(18-16-23)19-20-30-24(21-11-7-5-8-12-21)22-13-9-6-10-14-22/h5-14,23-24H,15-20H2,1-4H3. The molecule has 1 heterocycles. The molecule has 0 unspecified atom stereocenters. The first-order valence-corrected chi connectivity index (χ1v) is 11.2. The molecule has 1 aliphatic rings. The van der Waals surface area contributed by atoms with Crippen molar-refractivity contribution in [3.63, 3.8) is 0 Å². The van der Waals surface area contributed by atoms with Crippen molar-refractivity contribution in [1.29, 1.82) is 0 Å². The lowest BCUT2D eigenvalue weighted by Crippen LogP contribution is -2.47. The summed E-state index contributed by atoms with van der Waals surface area (Å²) in [5.74, 6) is 0. The molecule has 5 heteroatoms. The maximum Gasteiger partial charge on any atom is 0.410 e. The van der Waals surface area contributed by atoms with Crippen LogP contribution < -0.4 is 0 Å². The first-order valence-electron chi connectivity index (χ1n) is 11.2. The second-order valence-electron chi connectivity index (χ2n) is 9.24. The van der Waals surface area contributed by atoms with E-state index < -0.39 is 5.60 Å². The molecule has 0 saturated carbocycles. The summed E-state index contributed by atoms with van der Waals surface area (Å²) in [6.45, 7) is 9.18. The maximum atomic E-state index is 12.3. The van der Waals surface area contributed by atoms with E-state index >= 15 is 0 Å². The second kappa shape index (κ2) is 10.8. The normalized spacial score (nSPS) is 15.8. The smallest absolute Gasteiger partial charge is 0.410 e. The predicted molar refractivity (Wildman–Crippen MR) is 124 cm³/mol. The third-order valence-electron chi connectivity index (χ3n) is 5.68. The van der Waals surface area contributed by atoms with Gasteiger partial charge in [-0.1, -0.05) is 60.7 Å². The third kappa shape index (κ3) is 7.08. The minimum Gasteiger partial charge on any atom is -0.444 e. The Morgan fingerprint density at radius 2 is 1.52 bits per heavy atom. The molecule has 0 radical (unpaired) electrons. The van der Waals surface area contributed by atoms with E-state index in [2.05, 4.69) is 53.4 Å². The van der Waals surface area contributed by atoms with E-state index in [-0.39, 0.29) is 18.2 Å². The number of amides is 1. The molecule has 2 aromatic carbocycles. The quantitative estimate of drug-likeness (QED) is 0.618. The van der Waals surface area contributed by atoms with Crippen molar-refractivity contribution in [3.8, 4) is 0 Å². The molecular weight excluding hydrogens is 388 g/mol. The van der Waals surface area contributed by atoms with Crippen LogP contribution in [0, 0.1) is 0 Å². The van der Waals surface area contributed by atoms with E-state index in [0.717, 1.165) is 32.5 Å². The van der Waals surface area contributed by atoms with Crippen molar-refractivity contribution in [3.05, 3.63) is 71.8 Å². The molecule has 5 nitrogen and oxygen atoms in total. The molecule has 1 aliphatic heterocycles. The largest absolute Gasteiger partial charge is 0.444 e. The molecule has 0 spiro atoms. The van der Waals surface area contributed by atoms with E-state index in [1.165, 1.54) is 11.1 Å². The van der Waals surface area contributed by atoms with Crippen molar-refractivity contribution in [2.75, 3.05) is 33.3 Å². The zero-order valence-electron chi connectivity index (χ0n) is 19.3. The van der Waals surface area contributed by atoms with Crippen LogP contribution in [-0.4, -0.2) is 60.8 Å². The lowest BCUT2D eigenvalue weighted by atomic mass is 10.0. The number of hydrogen-bond donors (Lipinski definition) is 0. The van der Waals surface area contributed by atoms with E-state index in [0.29, 0.717) is 6.61 Å². The number of benzene rings is 2. The van der Waals surface area contributed by atoms with Crippen LogP contribution in [0.3, 0.4) is 0 Å². The number of carbonyl (C=O) groups is 1. The van der Waals surface area contributed by atoms with Crippen molar-refractivity contribution >= 4 is 6.09 Å². The Labute approximate surface area is 187 Å². The number of nitrogens with zero attached hydrogens (tertiary/aromatic N) is 2. The van der Waals surface area contributed by atoms with Gasteiger partial charge in [0.2, 0.25) is 0 Å². The van der Waals surface area contributed by atoms with Crippen LogP contribution in [0.25, 0.3) is 0 Å². The Hall–Kier alpha value is -2.37. The minimum atomic E-state index is -0.461. The molecule has 0 atom stereocenters. The summed E-state index contributed by atoms with van der Waals surface area (Å²) in [6.07, 6.45) is 1.62. The van der Waals surface area contributed by atoms with Crippen LogP contribution in [0.15, 0.2) is 60.7 Å². The van der Waals surface area contributed by atoms with Gasteiger partial charge < -0.3 is 19.3 Å². The fourth-order valence-electron chi connectivity index (χ4n) is 3.95. The topological polar surface area (TPSA) is 42.0 Å². The van der Waals surface area contributed by atoms with Gasteiger partial charge in [0.25, 0.3) is 0 Å². The Bertz CT molecular complexity index is 757. The molecule has 0 aromatic heterocycles. The van der Waals surface area contributed by atoms with Gasteiger partial charge in [-0.05, 0) is 44.7 Å². The predicted octanol–water partition coefficient (Wildman–Crippen LogP) is 5.12. The molecule has 31 heavy (non-hydrogen) atoms. The fourth-order valence-corrected chi connectivity index (χ4v) is 3.95. The highest BCUT2D eigenvalue weighted by Gasteiger charge is 2.28. The Balaban J connectivity index is 1.48. The van der Waals surface area contributed by atoms with Crippen molar-refractivity contribution < 1.29 is 14.3 Å². The summed E-state index contributed by atoms with van der Waals surface area (Å²) in [7, 11) is 1.85. The summed E-state index contributed by atoms with van der Waals surface area (Å²) in [5, 5.41) is 0. The SMILES string of the molecule is CN(C(=O)OC(C)(C)C)C1CCN(CCOC(c2ccccc2)c2ccccc2)CC1. The van der Waals surface area contributed by atoms with Gasteiger partial charge in [0.05, 0.1) is 6.61 Å². The molecule has 3 rings (SSSR count). The second-order valence-corrected chi connectivity index (χ2v) is 9.24. The third-order valence-corrected chi connectivity index (χ3v) is 5.68. The van der Waals surface area contributed by atoms with Gasteiger partial charge in [-0.25, -0.2) is 4.79 Å². The number of carbonyl (C=O) groups excluding carboxylic acids is 1. The molecular formula is C26H36N2O3. The zero-order valence-corrected chi connectivity index (χ0v) is 19.3. The monoisotopic (exact) mass is 424 g/mol. The van der Waals surface area contributed by atoms with Gasteiger partial charge >= 0.3 is 6.09 Å². The Morgan fingerprint density at radius 3 is 2.00 bits per heavy atom. The molecule has 2 aromatic rings. The van der Waals surface area contributed by atoms with Gasteiger partial charge in [0.1, 0.15) is 11.7 Å². The summed E-state index contributed by atoms with van der Waals surface area (Å²) in [4.78, 5) is 16.5. The first kappa shape index (κ1) is 23.3. The van der Waals surface area contributed by atoms with Crippen LogP contribution in [0.2, 0.25) is 0 Å². The highest BCUT2D eigenvalue weighted by atomic mass is 16.6. The number of ether oxygens (including phenoxy) is 2. The van der Waals surface area contributed by atoms with Crippen molar-refractivity contribution in [2.24, 2.45) is 0 Å². The van der Waals surface area contributed by atoms with E-state index in [9.17, 15) is 4.79 Å². The van der Waals surface area contributed by atoms with Gasteiger partial charge in [0, 0.05) is 32.7 Å². The van der Waals surface area contributed by atoms with E-state index in [1.54, 1.807) is 4.90 Å². The van der Waals surface area contributed by atoms with E-state index in [4.69, 9.17) is 9.47 Å². The number of hydrogen-bond acceptors (Lipinski definition) is 4. The lowest BCUT2D eigenvalue weighted by Gasteiger charge is -2.37. The van der Waals surface area contributed by atoms with Crippen molar-refractivity contribution in [1.82, 2.24) is 9.80 Å². The zero-order chi connectivity index (χ0) is 22.3. The Kier molecular flexibility index (Phi) is 8.10. The molecule has 168 valence electrons. The summed E-state index contributed by atoms with van der Waals surface area (Å²) >= 11 is 0.